The van der Waals surface area contributed by atoms with Crippen molar-refractivity contribution in [3.8, 4) is 17.1 Å². The molecule has 3 N–H and O–H groups in total. The number of rotatable bonds is 5. The van der Waals surface area contributed by atoms with Gasteiger partial charge in [0.15, 0.2) is 0 Å². The molecule has 0 radical (unpaired) electrons. The largest absolute Gasteiger partial charge is 0.496 e. The quantitative estimate of drug-likeness (QED) is 0.507. The standard InChI is InChI=1S/C23H27N5O5S/c1-23(2,3)16-12-14(28-19(29)8-9-24-22(28)30)11-15(20(16)33-4)21-25-17-7-6-13(10-18(17)26-21)27-34(5,31)32/h6-7,10-12,27H,8-9H2,1-5H3,(H,24,30)(H,25,26). The number of fused-ring (bicyclic) bond motifs is 1. The molecule has 0 bridgehead atoms. The van der Waals surface area contributed by atoms with Crippen molar-refractivity contribution in [1.29, 1.82) is 0 Å². The Labute approximate surface area is 197 Å². The molecule has 0 atom stereocenters. The van der Waals surface area contributed by atoms with Crippen LogP contribution in [0.15, 0.2) is 30.3 Å². The van der Waals surface area contributed by atoms with E-state index < -0.39 is 16.1 Å². The van der Waals surface area contributed by atoms with Crippen LogP contribution in [-0.4, -0.2) is 50.2 Å². The Morgan fingerprint density at radius 3 is 2.50 bits per heavy atom. The molecule has 0 spiro atoms. The third-order valence-electron chi connectivity index (χ3n) is 5.45. The molecule has 180 valence electrons. The highest BCUT2D eigenvalue weighted by molar-refractivity contribution is 7.92. The Hall–Kier alpha value is -3.60. The number of hydrogen-bond donors (Lipinski definition) is 3. The molecule has 3 aromatic rings. The van der Waals surface area contributed by atoms with Gasteiger partial charge < -0.3 is 15.0 Å². The minimum Gasteiger partial charge on any atom is -0.496 e. The van der Waals surface area contributed by atoms with Gasteiger partial charge in [-0.25, -0.2) is 23.1 Å². The van der Waals surface area contributed by atoms with Crippen molar-refractivity contribution < 1.29 is 22.7 Å². The number of carbonyl (C=O) groups is 2. The number of benzene rings is 2. The number of urea groups is 1. The lowest BCUT2D eigenvalue weighted by atomic mass is 9.84. The average molecular weight is 486 g/mol. The molecule has 11 heteroatoms. The number of imide groups is 1. The molecular weight excluding hydrogens is 458 g/mol. The summed E-state index contributed by atoms with van der Waals surface area (Å²) in [4.78, 5) is 34.2. The number of nitrogens with one attached hydrogen (secondary N) is 3. The van der Waals surface area contributed by atoms with E-state index in [1.54, 1.807) is 37.4 Å². The number of methoxy groups -OCH3 is 1. The van der Waals surface area contributed by atoms with Crippen LogP contribution >= 0.6 is 0 Å². The van der Waals surface area contributed by atoms with Crippen molar-refractivity contribution in [1.82, 2.24) is 15.3 Å². The zero-order valence-electron chi connectivity index (χ0n) is 19.6. The van der Waals surface area contributed by atoms with E-state index in [1.807, 2.05) is 20.8 Å². The maximum atomic E-state index is 12.6. The van der Waals surface area contributed by atoms with E-state index in [2.05, 4.69) is 20.0 Å². The zero-order chi connectivity index (χ0) is 24.8. The molecule has 1 aromatic heterocycles. The number of imidazole rings is 1. The van der Waals surface area contributed by atoms with Crippen LogP contribution in [0.1, 0.15) is 32.8 Å². The number of aromatic nitrogens is 2. The summed E-state index contributed by atoms with van der Waals surface area (Å²) in [6.07, 6.45) is 1.29. The molecule has 1 aliphatic heterocycles. The van der Waals surface area contributed by atoms with E-state index in [1.165, 1.54) is 0 Å². The first-order valence-electron chi connectivity index (χ1n) is 10.7. The topological polar surface area (TPSA) is 133 Å². The summed E-state index contributed by atoms with van der Waals surface area (Å²) in [6, 6.07) is 7.99. The lowest BCUT2D eigenvalue weighted by Gasteiger charge is -2.29. The van der Waals surface area contributed by atoms with E-state index in [4.69, 9.17) is 4.74 Å². The molecule has 4 rings (SSSR count). The summed E-state index contributed by atoms with van der Waals surface area (Å²) < 4.78 is 31.4. The highest BCUT2D eigenvalue weighted by Gasteiger charge is 2.31. The second-order valence-electron chi connectivity index (χ2n) is 9.23. The second kappa shape index (κ2) is 8.32. The van der Waals surface area contributed by atoms with E-state index >= 15 is 0 Å². The van der Waals surface area contributed by atoms with E-state index in [0.717, 1.165) is 16.7 Å². The van der Waals surface area contributed by atoms with Gasteiger partial charge in [0.2, 0.25) is 15.9 Å². The van der Waals surface area contributed by atoms with Crippen LogP contribution in [0.25, 0.3) is 22.4 Å². The van der Waals surface area contributed by atoms with Gasteiger partial charge in [-0.1, -0.05) is 20.8 Å². The number of anilines is 2. The molecule has 34 heavy (non-hydrogen) atoms. The Morgan fingerprint density at radius 2 is 1.88 bits per heavy atom. The summed E-state index contributed by atoms with van der Waals surface area (Å²) in [5.41, 5.74) is 3.05. The van der Waals surface area contributed by atoms with Gasteiger partial charge in [-0.2, -0.15) is 0 Å². The average Bonchev–Trinajstić information content (AvgIpc) is 3.14. The van der Waals surface area contributed by atoms with Crippen molar-refractivity contribution in [2.75, 3.05) is 29.5 Å². The van der Waals surface area contributed by atoms with Gasteiger partial charge in [0, 0.05) is 18.5 Å². The summed E-state index contributed by atoms with van der Waals surface area (Å²) >= 11 is 0. The Morgan fingerprint density at radius 1 is 1.15 bits per heavy atom. The first kappa shape index (κ1) is 23.6. The molecule has 1 aliphatic rings. The molecule has 0 aliphatic carbocycles. The fraction of sp³-hybridized carbons (Fsp3) is 0.348. The van der Waals surface area contributed by atoms with Crippen LogP contribution in [0.4, 0.5) is 16.2 Å². The van der Waals surface area contributed by atoms with Gasteiger partial charge in [-0.3, -0.25) is 9.52 Å². The minimum atomic E-state index is -3.43. The summed E-state index contributed by atoms with van der Waals surface area (Å²) in [5, 5.41) is 2.71. The fourth-order valence-electron chi connectivity index (χ4n) is 3.95. The van der Waals surface area contributed by atoms with Gasteiger partial charge in [-0.15, -0.1) is 0 Å². The number of sulfonamides is 1. The number of hydrogen-bond acceptors (Lipinski definition) is 6. The maximum Gasteiger partial charge on any atom is 0.328 e. The van der Waals surface area contributed by atoms with Crippen LogP contribution in [0.5, 0.6) is 5.75 Å². The van der Waals surface area contributed by atoms with Crippen molar-refractivity contribution in [2.45, 2.75) is 32.6 Å². The van der Waals surface area contributed by atoms with Gasteiger partial charge in [0.1, 0.15) is 11.6 Å². The third-order valence-corrected chi connectivity index (χ3v) is 6.06. The highest BCUT2D eigenvalue weighted by Crippen LogP contribution is 2.42. The molecule has 1 saturated heterocycles. The second-order valence-corrected chi connectivity index (χ2v) is 11.0. The fourth-order valence-corrected chi connectivity index (χ4v) is 4.51. The SMILES string of the molecule is COc1c(-c2nc3ccc(NS(C)(=O)=O)cc3[nH]2)cc(N2C(=O)CCNC2=O)cc1C(C)(C)C. The summed E-state index contributed by atoms with van der Waals surface area (Å²) in [7, 11) is -1.87. The smallest absolute Gasteiger partial charge is 0.328 e. The van der Waals surface area contributed by atoms with Crippen LogP contribution < -0.4 is 19.7 Å². The van der Waals surface area contributed by atoms with Crippen LogP contribution in [-0.2, 0) is 20.2 Å². The van der Waals surface area contributed by atoms with Crippen molar-refractivity contribution >= 4 is 44.4 Å². The molecule has 0 saturated carbocycles. The predicted molar refractivity (Wildman–Crippen MR) is 131 cm³/mol. The number of ether oxygens (including phenoxy) is 1. The van der Waals surface area contributed by atoms with E-state index in [0.29, 0.717) is 46.1 Å². The highest BCUT2D eigenvalue weighted by atomic mass is 32.2. The maximum absolute atomic E-state index is 12.6. The number of aromatic amines is 1. The first-order chi connectivity index (χ1) is 15.9. The van der Waals surface area contributed by atoms with Gasteiger partial charge in [0.25, 0.3) is 0 Å². The number of amides is 3. The summed E-state index contributed by atoms with van der Waals surface area (Å²) in [5.74, 6) is 0.732. The van der Waals surface area contributed by atoms with Gasteiger partial charge >= 0.3 is 6.03 Å². The lowest BCUT2D eigenvalue weighted by molar-refractivity contribution is -0.118. The predicted octanol–water partition coefficient (Wildman–Crippen LogP) is 3.35. The van der Waals surface area contributed by atoms with Crippen molar-refractivity contribution in [3.05, 3.63) is 35.9 Å². The van der Waals surface area contributed by atoms with Crippen LogP contribution in [0, 0.1) is 0 Å². The first-order valence-corrected chi connectivity index (χ1v) is 12.6. The lowest BCUT2D eigenvalue weighted by Crippen LogP contribution is -2.50. The van der Waals surface area contributed by atoms with Crippen molar-refractivity contribution in [2.24, 2.45) is 0 Å². The molecule has 0 unspecified atom stereocenters. The minimum absolute atomic E-state index is 0.207. The normalized spacial score (nSPS) is 14.9. The third kappa shape index (κ3) is 4.56. The Kier molecular flexibility index (Phi) is 5.76. The molecule has 10 nitrogen and oxygen atoms in total. The van der Waals surface area contributed by atoms with E-state index in [9.17, 15) is 18.0 Å². The van der Waals surface area contributed by atoms with Gasteiger partial charge in [0.05, 0.1) is 41.3 Å². The Balaban J connectivity index is 1.91. The Bertz CT molecular complexity index is 1390. The zero-order valence-corrected chi connectivity index (χ0v) is 20.5. The molecular formula is C23H27N5O5S. The molecule has 3 amide bonds. The van der Waals surface area contributed by atoms with Crippen LogP contribution in [0.2, 0.25) is 0 Å². The summed E-state index contributed by atoms with van der Waals surface area (Å²) in [6.45, 7) is 6.34. The van der Waals surface area contributed by atoms with Crippen molar-refractivity contribution in [3.63, 3.8) is 0 Å². The van der Waals surface area contributed by atoms with Gasteiger partial charge in [-0.05, 0) is 35.7 Å². The number of carbonyl (C=O) groups excluding carboxylic acids is 2. The molecule has 1 fully saturated rings. The number of H-pyrrole nitrogens is 1. The van der Waals surface area contributed by atoms with E-state index in [-0.39, 0.29) is 17.7 Å². The van der Waals surface area contributed by atoms with Crippen LogP contribution in [0.3, 0.4) is 0 Å². The monoisotopic (exact) mass is 485 g/mol. The number of nitrogens with zero attached hydrogens (tertiary/aromatic N) is 2. The molecule has 2 heterocycles. The molecule has 2 aromatic carbocycles.